The summed E-state index contributed by atoms with van der Waals surface area (Å²) >= 11 is 0. The molecule has 0 aliphatic rings. The van der Waals surface area contributed by atoms with Crippen LogP contribution in [0.3, 0.4) is 0 Å². The summed E-state index contributed by atoms with van der Waals surface area (Å²) in [6.45, 7) is 8.62. The maximum absolute atomic E-state index is 5.87. The van der Waals surface area contributed by atoms with Crippen LogP contribution in [0.1, 0.15) is 35.6 Å². The predicted octanol–water partition coefficient (Wildman–Crippen LogP) is 6.71. The van der Waals surface area contributed by atoms with Gasteiger partial charge in [0.05, 0.1) is 7.11 Å². The van der Waals surface area contributed by atoms with Crippen LogP contribution in [0.2, 0.25) is 0 Å². The zero-order valence-corrected chi connectivity index (χ0v) is 16.4. The number of rotatable bonds is 5. The van der Waals surface area contributed by atoms with Crippen molar-refractivity contribution in [2.24, 2.45) is 0 Å². The van der Waals surface area contributed by atoms with Crippen molar-refractivity contribution in [2.45, 2.75) is 40.5 Å². The fourth-order valence-corrected chi connectivity index (χ4v) is 3.48. The minimum Gasteiger partial charge on any atom is -0.496 e. The molecule has 1 heteroatoms. The van der Waals surface area contributed by atoms with Gasteiger partial charge in [-0.1, -0.05) is 73.0 Å². The number of hydrogen-bond donors (Lipinski definition) is 0. The van der Waals surface area contributed by atoms with Gasteiger partial charge in [0.1, 0.15) is 5.75 Å². The lowest BCUT2D eigenvalue weighted by Crippen LogP contribution is -2.00. The van der Waals surface area contributed by atoms with Crippen molar-refractivity contribution >= 4 is 0 Å². The molecule has 0 saturated heterocycles. The van der Waals surface area contributed by atoms with Crippen LogP contribution in [0.15, 0.2) is 48.5 Å². The summed E-state index contributed by atoms with van der Waals surface area (Å²) in [6.07, 6.45) is 2.03. The summed E-state index contributed by atoms with van der Waals surface area (Å²) in [4.78, 5) is 0. The molecule has 3 aromatic carbocycles. The van der Waals surface area contributed by atoms with E-state index in [9.17, 15) is 0 Å². The van der Waals surface area contributed by atoms with E-state index in [1.807, 2.05) is 0 Å². The fourth-order valence-electron chi connectivity index (χ4n) is 3.48. The molecule has 3 rings (SSSR count). The van der Waals surface area contributed by atoms with Crippen molar-refractivity contribution < 1.29 is 4.74 Å². The van der Waals surface area contributed by atoms with E-state index in [0.29, 0.717) is 0 Å². The first-order chi connectivity index (χ1) is 12.5. The van der Waals surface area contributed by atoms with Gasteiger partial charge in [-0.2, -0.15) is 0 Å². The SMILES string of the molecule is CCCc1[c]c(-c2ccc(C)cc2)c(C)c(-c2ccc(C)cc2)c1OC. The molecule has 0 N–H and O–H groups in total. The average Bonchev–Trinajstić information content (AvgIpc) is 2.64. The largest absolute Gasteiger partial charge is 0.496 e. The number of hydrogen-bond acceptors (Lipinski definition) is 1. The van der Waals surface area contributed by atoms with E-state index in [-0.39, 0.29) is 0 Å². The minimum absolute atomic E-state index is 0.960. The number of methoxy groups -OCH3 is 1. The van der Waals surface area contributed by atoms with Crippen LogP contribution in [0.25, 0.3) is 22.3 Å². The molecule has 0 fully saturated rings. The van der Waals surface area contributed by atoms with Crippen LogP contribution in [0.4, 0.5) is 0 Å². The first-order valence-corrected chi connectivity index (χ1v) is 9.32. The highest BCUT2D eigenvalue weighted by Crippen LogP contribution is 2.41. The maximum atomic E-state index is 5.87. The van der Waals surface area contributed by atoms with Crippen LogP contribution < -0.4 is 4.74 Å². The first kappa shape index (κ1) is 18.3. The summed E-state index contributed by atoms with van der Waals surface area (Å²) in [5, 5.41) is 0. The normalized spacial score (nSPS) is 10.8. The van der Waals surface area contributed by atoms with Gasteiger partial charge in [-0.25, -0.2) is 0 Å². The van der Waals surface area contributed by atoms with Gasteiger partial charge in [-0.05, 0) is 55.5 Å². The number of ether oxygens (including phenoxy) is 1. The summed E-state index contributed by atoms with van der Waals surface area (Å²) in [6, 6.07) is 21.1. The van der Waals surface area contributed by atoms with Gasteiger partial charge in [-0.15, -0.1) is 0 Å². The highest BCUT2D eigenvalue weighted by atomic mass is 16.5. The lowest BCUT2D eigenvalue weighted by Gasteiger charge is -2.20. The van der Waals surface area contributed by atoms with Crippen molar-refractivity contribution in [3.63, 3.8) is 0 Å². The first-order valence-electron chi connectivity index (χ1n) is 9.32. The van der Waals surface area contributed by atoms with E-state index in [4.69, 9.17) is 4.74 Å². The van der Waals surface area contributed by atoms with Gasteiger partial charge in [0.15, 0.2) is 0 Å². The molecule has 0 bridgehead atoms. The molecule has 26 heavy (non-hydrogen) atoms. The molecule has 0 amide bonds. The molecule has 0 unspecified atom stereocenters. The molecule has 0 aliphatic heterocycles. The lowest BCUT2D eigenvalue weighted by molar-refractivity contribution is 0.410. The zero-order chi connectivity index (χ0) is 18.7. The molecule has 0 aromatic heterocycles. The second-order valence-corrected chi connectivity index (χ2v) is 6.99. The van der Waals surface area contributed by atoms with Gasteiger partial charge < -0.3 is 4.74 Å². The molecule has 133 valence electrons. The summed E-state index contributed by atoms with van der Waals surface area (Å²) in [7, 11) is 1.77. The quantitative estimate of drug-likeness (QED) is 0.500. The Bertz CT molecular complexity index is 887. The monoisotopic (exact) mass is 343 g/mol. The van der Waals surface area contributed by atoms with Crippen molar-refractivity contribution in [1.29, 1.82) is 0 Å². The molecular weight excluding hydrogens is 316 g/mol. The Hall–Kier alpha value is -2.54. The van der Waals surface area contributed by atoms with E-state index >= 15 is 0 Å². The van der Waals surface area contributed by atoms with Crippen molar-refractivity contribution in [3.8, 4) is 28.0 Å². The van der Waals surface area contributed by atoms with E-state index in [0.717, 1.165) is 24.2 Å². The lowest BCUT2D eigenvalue weighted by atomic mass is 9.88. The summed E-state index contributed by atoms with van der Waals surface area (Å²) in [5.41, 5.74) is 9.68. The van der Waals surface area contributed by atoms with Crippen molar-refractivity contribution in [1.82, 2.24) is 0 Å². The minimum atomic E-state index is 0.960. The van der Waals surface area contributed by atoms with Crippen LogP contribution in [-0.4, -0.2) is 7.11 Å². The van der Waals surface area contributed by atoms with Crippen molar-refractivity contribution in [2.75, 3.05) is 7.11 Å². The second kappa shape index (κ2) is 7.78. The van der Waals surface area contributed by atoms with Gasteiger partial charge in [-0.3, -0.25) is 0 Å². The average molecular weight is 343 g/mol. The molecule has 0 atom stereocenters. The molecule has 1 nitrogen and oxygen atoms in total. The third-order valence-corrected chi connectivity index (χ3v) is 4.91. The van der Waals surface area contributed by atoms with Crippen LogP contribution >= 0.6 is 0 Å². The third kappa shape index (κ3) is 3.53. The molecule has 3 aromatic rings. The summed E-state index contributed by atoms with van der Waals surface area (Å²) < 4.78 is 5.87. The highest BCUT2D eigenvalue weighted by Gasteiger charge is 2.18. The number of benzene rings is 3. The van der Waals surface area contributed by atoms with E-state index in [1.165, 1.54) is 38.9 Å². The fraction of sp³-hybridized carbons (Fsp3) is 0.280. The topological polar surface area (TPSA) is 9.23 Å². The Morgan fingerprint density at radius 2 is 1.35 bits per heavy atom. The maximum Gasteiger partial charge on any atom is 0.130 e. The Kier molecular flexibility index (Phi) is 5.46. The van der Waals surface area contributed by atoms with E-state index in [1.54, 1.807) is 7.11 Å². The summed E-state index contributed by atoms with van der Waals surface area (Å²) in [5.74, 6) is 0.962. The molecule has 1 radical (unpaired) electrons. The molecular formula is C25H27O. The highest BCUT2D eigenvalue weighted by molar-refractivity contribution is 5.84. The second-order valence-electron chi connectivity index (χ2n) is 6.99. The van der Waals surface area contributed by atoms with Gasteiger partial charge in [0.25, 0.3) is 0 Å². The zero-order valence-electron chi connectivity index (χ0n) is 16.4. The van der Waals surface area contributed by atoms with Gasteiger partial charge in [0.2, 0.25) is 0 Å². The number of aryl methyl sites for hydroxylation is 3. The standard InChI is InChI=1S/C25H27O/c1-6-7-22-16-23(20-12-8-17(2)9-13-20)19(4)24(25(22)26-5)21-14-10-18(3)11-15-21/h8-15H,6-7H2,1-5H3. The Labute approximate surface area is 157 Å². The van der Waals surface area contributed by atoms with E-state index in [2.05, 4.69) is 82.3 Å². The Morgan fingerprint density at radius 3 is 1.85 bits per heavy atom. The third-order valence-electron chi connectivity index (χ3n) is 4.91. The van der Waals surface area contributed by atoms with E-state index < -0.39 is 0 Å². The van der Waals surface area contributed by atoms with Crippen molar-refractivity contribution in [3.05, 3.63) is 76.9 Å². The van der Waals surface area contributed by atoms with Gasteiger partial charge in [0, 0.05) is 11.1 Å². The van der Waals surface area contributed by atoms with Crippen LogP contribution in [-0.2, 0) is 6.42 Å². The Balaban J connectivity index is 2.29. The molecule has 0 aliphatic carbocycles. The molecule has 0 saturated carbocycles. The van der Waals surface area contributed by atoms with Gasteiger partial charge >= 0.3 is 0 Å². The molecule has 0 heterocycles. The molecule has 0 spiro atoms. The predicted molar refractivity (Wildman–Crippen MR) is 111 cm³/mol. The van der Waals surface area contributed by atoms with Crippen LogP contribution in [0.5, 0.6) is 5.75 Å². The van der Waals surface area contributed by atoms with Crippen LogP contribution in [0, 0.1) is 26.8 Å². The smallest absolute Gasteiger partial charge is 0.130 e. The Morgan fingerprint density at radius 1 is 0.808 bits per heavy atom.